The molecule has 0 aromatic heterocycles. The highest BCUT2D eigenvalue weighted by molar-refractivity contribution is 5.99. The quantitative estimate of drug-likeness (QED) is 0.762. The van der Waals surface area contributed by atoms with Gasteiger partial charge >= 0.3 is 5.97 Å². The number of rotatable bonds is 5. The predicted octanol–water partition coefficient (Wildman–Crippen LogP) is 2.39. The molecule has 154 valence electrons. The van der Waals surface area contributed by atoms with Gasteiger partial charge in [-0.3, -0.25) is 14.4 Å². The fourth-order valence-corrected chi connectivity index (χ4v) is 3.82. The van der Waals surface area contributed by atoms with Crippen LogP contribution >= 0.6 is 0 Å². The Balaban J connectivity index is 1.58. The van der Waals surface area contributed by atoms with E-state index in [4.69, 9.17) is 9.47 Å². The summed E-state index contributed by atoms with van der Waals surface area (Å²) in [5, 5.41) is 12.3. The smallest absolute Gasteiger partial charge is 0.310 e. The van der Waals surface area contributed by atoms with Crippen LogP contribution in [-0.2, 0) is 19.1 Å². The highest BCUT2D eigenvalue weighted by Gasteiger charge is 2.41. The first-order valence-corrected chi connectivity index (χ1v) is 9.81. The fraction of sp³-hybridized carbons (Fsp3) is 0.524. The summed E-state index contributed by atoms with van der Waals surface area (Å²) in [5.74, 6) is -1.11. The minimum Gasteiger partial charge on any atom is -0.478 e. The minimum absolute atomic E-state index is 0.315. The second-order valence-corrected chi connectivity index (χ2v) is 7.53. The summed E-state index contributed by atoms with van der Waals surface area (Å²) in [6.45, 7) is 1.47. The fourth-order valence-electron chi connectivity index (χ4n) is 3.82. The number of esters is 1. The van der Waals surface area contributed by atoms with E-state index in [1.54, 1.807) is 31.3 Å². The maximum atomic E-state index is 12.7. The van der Waals surface area contributed by atoms with Crippen LogP contribution in [0.3, 0.4) is 0 Å². The van der Waals surface area contributed by atoms with Gasteiger partial charge in [0.05, 0.1) is 18.2 Å². The summed E-state index contributed by atoms with van der Waals surface area (Å²) >= 11 is 0. The van der Waals surface area contributed by atoms with Gasteiger partial charge in [-0.2, -0.15) is 5.26 Å². The van der Waals surface area contributed by atoms with Gasteiger partial charge in [0.1, 0.15) is 11.3 Å². The molecule has 1 aliphatic carbocycles. The molecule has 8 heteroatoms. The SMILES string of the molecule is C[C@H](OC(=O)C[C@@H]1Oc2ccccc2NC1=O)C(=O)N(C)C1(C#N)CCCCC1. The predicted molar refractivity (Wildman–Crippen MR) is 104 cm³/mol. The first-order chi connectivity index (χ1) is 13.9. The Hall–Kier alpha value is -3.08. The summed E-state index contributed by atoms with van der Waals surface area (Å²) < 4.78 is 10.8. The van der Waals surface area contributed by atoms with E-state index in [0.717, 1.165) is 19.3 Å². The van der Waals surface area contributed by atoms with Gasteiger partial charge in [0.15, 0.2) is 12.2 Å². The van der Waals surface area contributed by atoms with Crippen molar-refractivity contribution in [2.75, 3.05) is 12.4 Å². The molecule has 1 aromatic rings. The molecule has 0 radical (unpaired) electrons. The zero-order valence-corrected chi connectivity index (χ0v) is 16.6. The van der Waals surface area contributed by atoms with Gasteiger partial charge in [0.25, 0.3) is 11.8 Å². The summed E-state index contributed by atoms with van der Waals surface area (Å²) in [6, 6.07) is 9.20. The van der Waals surface area contributed by atoms with Crippen molar-refractivity contribution in [3.05, 3.63) is 24.3 Å². The van der Waals surface area contributed by atoms with Crippen molar-refractivity contribution in [1.29, 1.82) is 5.26 Å². The number of anilines is 1. The molecule has 1 N–H and O–H groups in total. The minimum atomic E-state index is -1.06. The molecule has 0 bridgehead atoms. The number of likely N-dealkylation sites (N-methyl/N-ethyl adjacent to an activating group) is 1. The Morgan fingerprint density at radius 2 is 2.03 bits per heavy atom. The van der Waals surface area contributed by atoms with Crippen LogP contribution in [-0.4, -0.2) is 47.5 Å². The maximum absolute atomic E-state index is 12.7. The molecule has 0 unspecified atom stereocenters. The van der Waals surface area contributed by atoms with Gasteiger partial charge in [0.2, 0.25) is 0 Å². The number of benzene rings is 1. The normalized spacial score (nSPS) is 20.9. The number of nitrogens with one attached hydrogen (secondary N) is 1. The van der Waals surface area contributed by atoms with E-state index in [1.165, 1.54) is 11.8 Å². The number of carbonyl (C=O) groups is 3. The lowest BCUT2D eigenvalue weighted by Gasteiger charge is -2.39. The highest BCUT2D eigenvalue weighted by Crippen LogP contribution is 2.33. The zero-order chi connectivity index (χ0) is 21.0. The number of ether oxygens (including phenoxy) is 2. The van der Waals surface area contributed by atoms with Crippen molar-refractivity contribution >= 4 is 23.5 Å². The van der Waals surface area contributed by atoms with Crippen molar-refractivity contribution in [2.45, 2.75) is 63.2 Å². The van der Waals surface area contributed by atoms with Gasteiger partial charge in [-0.1, -0.05) is 31.4 Å². The van der Waals surface area contributed by atoms with E-state index in [1.807, 2.05) is 0 Å². The standard InChI is InChI=1S/C21H25N3O5/c1-14(20(27)24(2)21(13-22)10-6-3-7-11-21)28-18(25)12-17-19(26)23-15-8-4-5-9-16(15)29-17/h4-5,8-9,14,17H,3,6-7,10-12H2,1-2H3,(H,23,26)/t14-,17-/m0/s1. The molecule has 2 atom stereocenters. The van der Waals surface area contributed by atoms with Crippen LogP contribution in [0.15, 0.2) is 24.3 Å². The van der Waals surface area contributed by atoms with Gasteiger partial charge in [-0.05, 0) is 31.9 Å². The molecule has 2 aliphatic rings. The number of carbonyl (C=O) groups excluding carboxylic acids is 3. The maximum Gasteiger partial charge on any atom is 0.310 e. The Bertz CT molecular complexity index is 841. The van der Waals surface area contributed by atoms with Gasteiger partial charge < -0.3 is 19.7 Å². The molecular formula is C21H25N3O5. The summed E-state index contributed by atoms with van der Waals surface area (Å²) in [5.41, 5.74) is -0.312. The Morgan fingerprint density at radius 3 is 2.72 bits per heavy atom. The molecule has 0 saturated heterocycles. The van der Waals surface area contributed by atoms with Crippen LogP contribution < -0.4 is 10.1 Å². The average Bonchev–Trinajstić information content (AvgIpc) is 2.73. The summed E-state index contributed by atoms with van der Waals surface area (Å²) in [4.78, 5) is 38.6. The van der Waals surface area contributed by atoms with Crippen LogP contribution in [0.1, 0.15) is 45.4 Å². The first-order valence-electron chi connectivity index (χ1n) is 9.81. The van der Waals surface area contributed by atoms with Crippen LogP contribution in [0, 0.1) is 11.3 Å². The van der Waals surface area contributed by atoms with E-state index in [-0.39, 0.29) is 6.42 Å². The van der Waals surface area contributed by atoms with E-state index in [0.29, 0.717) is 24.3 Å². The lowest BCUT2D eigenvalue weighted by molar-refractivity contribution is -0.162. The zero-order valence-electron chi connectivity index (χ0n) is 16.6. The van der Waals surface area contributed by atoms with E-state index >= 15 is 0 Å². The Kier molecular flexibility index (Phi) is 6.06. The number of hydrogen-bond donors (Lipinski definition) is 1. The molecule has 1 fully saturated rings. The topological polar surface area (TPSA) is 109 Å². The molecule has 0 spiro atoms. The van der Waals surface area contributed by atoms with Gasteiger partial charge in [-0.15, -0.1) is 0 Å². The number of hydrogen-bond acceptors (Lipinski definition) is 6. The van der Waals surface area contributed by atoms with Gasteiger partial charge in [-0.25, -0.2) is 0 Å². The van der Waals surface area contributed by atoms with Crippen molar-refractivity contribution in [3.8, 4) is 11.8 Å². The van der Waals surface area contributed by atoms with E-state index in [2.05, 4.69) is 11.4 Å². The number of amides is 2. The first kappa shape index (κ1) is 20.6. The number of para-hydroxylation sites is 2. The van der Waals surface area contributed by atoms with Crippen LogP contribution in [0.5, 0.6) is 5.75 Å². The third kappa shape index (κ3) is 4.34. The molecule has 1 aliphatic heterocycles. The molecule has 1 aromatic carbocycles. The van der Waals surface area contributed by atoms with E-state index < -0.39 is 35.5 Å². The Morgan fingerprint density at radius 1 is 1.34 bits per heavy atom. The molecule has 8 nitrogen and oxygen atoms in total. The van der Waals surface area contributed by atoms with Crippen LogP contribution in [0.2, 0.25) is 0 Å². The van der Waals surface area contributed by atoms with Crippen molar-refractivity contribution in [1.82, 2.24) is 4.90 Å². The average molecular weight is 399 g/mol. The number of nitriles is 1. The monoisotopic (exact) mass is 399 g/mol. The largest absolute Gasteiger partial charge is 0.478 e. The van der Waals surface area contributed by atoms with Crippen LogP contribution in [0.25, 0.3) is 0 Å². The highest BCUT2D eigenvalue weighted by atomic mass is 16.6. The van der Waals surface area contributed by atoms with E-state index in [9.17, 15) is 19.6 Å². The second kappa shape index (κ2) is 8.52. The Labute approximate surface area is 169 Å². The van der Waals surface area contributed by atoms with Crippen molar-refractivity contribution in [2.24, 2.45) is 0 Å². The molecule has 3 rings (SSSR count). The van der Waals surface area contributed by atoms with Crippen molar-refractivity contribution in [3.63, 3.8) is 0 Å². The molecule has 1 saturated carbocycles. The van der Waals surface area contributed by atoms with Crippen molar-refractivity contribution < 1.29 is 23.9 Å². The molecule has 29 heavy (non-hydrogen) atoms. The summed E-state index contributed by atoms with van der Waals surface area (Å²) in [7, 11) is 1.58. The van der Waals surface area contributed by atoms with Crippen LogP contribution in [0.4, 0.5) is 5.69 Å². The molecule has 1 heterocycles. The third-order valence-corrected chi connectivity index (χ3v) is 5.58. The summed E-state index contributed by atoms with van der Waals surface area (Å²) in [6.07, 6.45) is 1.64. The second-order valence-electron chi connectivity index (χ2n) is 7.53. The van der Waals surface area contributed by atoms with Gasteiger partial charge in [0, 0.05) is 7.05 Å². The number of nitrogens with zero attached hydrogens (tertiary/aromatic N) is 2. The molecular weight excluding hydrogens is 374 g/mol. The lowest BCUT2D eigenvalue weighted by Crippen LogP contribution is -2.53. The number of fused-ring (bicyclic) bond motifs is 1. The molecule has 2 amide bonds. The lowest BCUT2D eigenvalue weighted by atomic mass is 9.81. The third-order valence-electron chi connectivity index (χ3n) is 5.58.